The molecule has 6 nitrogen and oxygen atoms in total. The second kappa shape index (κ2) is 11.0. The Hall–Kier alpha value is -1.15. The molecule has 0 bridgehead atoms. The van der Waals surface area contributed by atoms with Gasteiger partial charge in [-0.15, -0.1) is 12.4 Å². The fourth-order valence-electron chi connectivity index (χ4n) is 3.35. The number of benzene rings is 1. The molecule has 154 valence electrons. The third-order valence-electron chi connectivity index (χ3n) is 4.65. The average molecular weight is 418 g/mol. The number of carbonyl (C=O) groups is 1. The van der Waals surface area contributed by atoms with Gasteiger partial charge in [0.05, 0.1) is 4.90 Å². The summed E-state index contributed by atoms with van der Waals surface area (Å²) in [6, 6.07) is 6.99. The Morgan fingerprint density at radius 3 is 2.52 bits per heavy atom. The molecule has 8 heteroatoms. The molecule has 1 aromatic carbocycles. The molecule has 1 heterocycles. The second-order valence-corrected chi connectivity index (χ2v) is 9.24. The van der Waals surface area contributed by atoms with Crippen LogP contribution < -0.4 is 11.1 Å². The SMILES string of the molecule is CC(C)Cc1ccc(S(=O)(=O)N2CCCCC2CNC(=O)CCN)cc1.Cl. The van der Waals surface area contributed by atoms with Crippen molar-refractivity contribution in [2.24, 2.45) is 11.7 Å². The van der Waals surface area contributed by atoms with Crippen molar-refractivity contribution in [3.63, 3.8) is 0 Å². The molecular weight excluding hydrogens is 386 g/mol. The molecule has 0 aliphatic carbocycles. The Labute approximate surface area is 169 Å². The minimum Gasteiger partial charge on any atom is -0.354 e. The van der Waals surface area contributed by atoms with E-state index < -0.39 is 10.0 Å². The summed E-state index contributed by atoms with van der Waals surface area (Å²) in [7, 11) is -3.56. The zero-order valence-corrected chi connectivity index (χ0v) is 17.8. The lowest BCUT2D eigenvalue weighted by atomic mass is 10.0. The van der Waals surface area contributed by atoms with Crippen molar-refractivity contribution in [3.8, 4) is 0 Å². The lowest BCUT2D eigenvalue weighted by molar-refractivity contribution is -0.121. The van der Waals surface area contributed by atoms with Gasteiger partial charge in [-0.3, -0.25) is 4.79 Å². The van der Waals surface area contributed by atoms with E-state index in [9.17, 15) is 13.2 Å². The number of nitrogens with one attached hydrogen (secondary N) is 1. The van der Waals surface area contributed by atoms with Crippen LogP contribution in [0.5, 0.6) is 0 Å². The van der Waals surface area contributed by atoms with Gasteiger partial charge in [-0.1, -0.05) is 32.4 Å². The molecule has 27 heavy (non-hydrogen) atoms. The molecule has 1 fully saturated rings. The van der Waals surface area contributed by atoms with Crippen LogP contribution in [0.2, 0.25) is 0 Å². The molecule has 0 aromatic heterocycles. The van der Waals surface area contributed by atoms with Crippen LogP contribution in [0, 0.1) is 5.92 Å². The summed E-state index contributed by atoms with van der Waals surface area (Å²) >= 11 is 0. The molecule has 0 radical (unpaired) electrons. The van der Waals surface area contributed by atoms with Gasteiger partial charge in [0.25, 0.3) is 0 Å². The van der Waals surface area contributed by atoms with Crippen LogP contribution in [0.3, 0.4) is 0 Å². The van der Waals surface area contributed by atoms with E-state index in [2.05, 4.69) is 19.2 Å². The van der Waals surface area contributed by atoms with Crippen molar-refractivity contribution < 1.29 is 13.2 Å². The highest BCUT2D eigenvalue weighted by Gasteiger charge is 2.33. The summed E-state index contributed by atoms with van der Waals surface area (Å²) < 4.78 is 27.7. The third kappa shape index (κ3) is 6.75. The first-order valence-electron chi connectivity index (χ1n) is 9.42. The molecule has 1 aromatic rings. The van der Waals surface area contributed by atoms with Crippen LogP contribution in [-0.2, 0) is 21.2 Å². The highest BCUT2D eigenvalue weighted by atomic mass is 35.5. The number of piperidine rings is 1. The number of amides is 1. The molecule has 1 unspecified atom stereocenters. The van der Waals surface area contributed by atoms with Crippen LogP contribution in [0.4, 0.5) is 0 Å². The number of carbonyl (C=O) groups excluding carboxylic acids is 1. The van der Waals surface area contributed by atoms with Crippen LogP contribution in [0.25, 0.3) is 0 Å². The van der Waals surface area contributed by atoms with E-state index in [0.717, 1.165) is 31.2 Å². The topological polar surface area (TPSA) is 92.5 Å². The molecule has 1 saturated heterocycles. The first-order valence-corrected chi connectivity index (χ1v) is 10.9. The summed E-state index contributed by atoms with van der Waals surface area (Å²) in [6.07, 6.45) is 3.76. The normalized spacial score (nSPS) is 18.1. The summed E-state index contributed by atoms with van der Waals surface area (Å²) in [4.78, 5) is 12.0. The van der Waals surface area contributed by atoms with E-state index in [1.807, 2.05) is 12.1 Å². The Bertz CT molecular complexity index is 693. The molecule has 0 spiro atoms. The number of halogens is 1. The Balaban J connectivity index is 0.00000364. The summed E-state index contributed by atoms with van der Waals surface area (Å²) in [6.45, 7) is 5.40. The zero-order valence-electron chi connectivity index (χ0n) is 16.2. The van der Waals surface area contributed by atoms with Gasteiger partial charge in [0.1, 0.15) is 0 Å². The van der Waals surface area contributed by atoms with E-state index in [0.29, 0.717) is 30.4 Å². The van der Waals surface area contributed by atoms with E-state index in [1.165, 1.54) is 0 Å². The quantitative estimate of drug-likeness (QED) is 0.678. The number of hydrogen-bond acceptors (Lipinski definition) is 4. The Kier molecular flexibility index (Phi) is 9.73. The summed E-state index contributed by atoms with van der Waals surface area (Å²) in [5, 5.41) is 2.81. The number of nitrogens with two attached hydrogens (primary N) is 1. The minimum absolute atomic E-state index is 0. The van der Waals surface area contributed by atoms with Crippen LogP contribution in [0.1, 0.15) is 45.1 Å². The first-order chi connectivity index (χ1) is 12.3. The van der Waals surface area contributed by atoms with Crippen LogP contribution in [-0.4, -0.2) is 44.3 Å². The number of sulfonamides is 1. The molecule has 1 aliphatic rings. The van der Waals surface area contributed by atoms with Gasteiger partial charge in [0.15, 0.2) is 0 Å². The first kappa shape index (κ1) is 23.9. The predicted octanol–water partition coefficient (Wildman–Crippen LogP) is 2.32. The fraction of sp³-hybridized carbons (Fsp3) is 0.632. The summed E-state index contributed by atoms with van der Waals surface area (Å²) in [5.74, 6) is 0.398. The zero-order chi connectivity index (χ0) is 19.2. The third-order valence-corrected chi connectivity index (χ3v) is 6.62. The number of nitrogens with zero attached hydrogens (tertiary/aromatic N) is 1. The molecule has 0 saturated carbocycles. The van der Waals surface area contributed by atoms with Crippen LogP contribution in [0.15, 0.2) is 29.2 Å². The van der Waals surface area contributed by atoms with Gasteiger partial charge < -0.3 is 11.1 Å². The lowest BCUT2D eigenvalue weighted by Crippen LogP contribution is -2.49. The Morgan fingerprint density at radius 2 is 1.93 bits per heavy atom. The predicted molar refractivity (Wildman–Crippen MR) is 110 cm³/mol. The molecule has 1 aliphatic heterocycles. The van der Waals surface area contributed by atoms with Crippen molar-refractivity contribution >= 4 is 28.3 Å². The summed E-state index contributed by atoms with van der Waals surface area (Å²) in [5.41, 5.74) is 6.53. The molecule has 1 atom stereocenters. The van der Waals surface area contributed by atoms with E-state index in [4.69, 9.17) is 5.73 Å². The van der Waals surface area contributed by atoms with E-state index in [-0.39, 0.29) is 30.8 Å². The van der Waals surface area contributed by atoms with Crippen molar-refractivity contribution in [3.05, 3.63) is 29.8 Å². The fourth-order valence-corrected chi connectivity index (χ4v) is 5.04. The molecule has 1 amide bonds. The average Bonchev–Trinajstić information content (AvgIpc) is 2.60. The monoisotopic (exact) mass is 417 g/mol. The van der Waals surface area contributed by atoms with Gasteiger partial charge in [-0.25, -0.2) is 8.42 Å². The van der Waals surface area contributed by atoms with Crippen molar-refractivity contribution in [1.29, 1.82) is 0 Å². The van der Waals surface area contributed by atoms with Gasteiger partial charge in [-0.2, -0.15) is 4.31 Å². The van der Waals surface area contributed by atoms with Crippen molar-refractivity contribution in [2.75, 3.05) is 19.6 Å². The lowest BCUT2D eigenvalue weighted by Gasteiger charge is -2.34. The smallest absolute Gasteiger partial charge is 0.243 e. The second-order valence-electron chi connectivity index (χ2n) is 7.35. The molecule has 3 N–H and O–H groups in total. The van der Waals surface area contributed by atoms with Crippen molar-refractivity contribution in [2.45, 2.75) is 56.9 Å². The number of hydrogen-bond donors (Lipinski definition) is 2. The van der Waals surface area contributed by atoms with Crippen LogP contribution >= 0.6 is 12.4 Å². The van der Waals surface area contributed by atoms with Gasteiger partial charge in [0, 0.05) is 32.1 Å². The maximum atomic E-state index is 13.1. The highest BCUT2D eigenvalue weighted by Crippen LogP contribution is 2.25. The maximum absolute atomic E-state index is 13.1. The van der Waals surface area contributed by atoms with Crippen molar-refractivity contribution in [1.82, 2.24) is 9.62 Å². The van der Waals surface area contributed by atoms with E-state index in [1.54, 1.807) is 16.4 Å². The molecular formula is C19H32ClN3O3S. The largest absolute Gasteiger partial charge is 0.354 e. The Morgan fingerprint density at radius 1 is 1.26 bits per heavy atom. The standard InChI is InChI=1S/C19H31N3O3S.ClH/c1-15(2)13-16-6-8-18(9-7-16)26(24,25)22-12-4-3-5-17(22)14-21-19(23)10-11-20;/h6-9,15,17H,3-5,10-14,20H2,1-2H3,(H,21,23);1H. The maximum Gasteiger partial charge on any atom is 0.243 e. The molecule has 2 rings (SSSR count). The van der Waals surface area contributed by atoms with Gasteiger partial charge >= 0.3 is 0 Å². The van der Waals surface area contributed by atoms with Gasteiger partial charge in [-0.05, 0) is 42.9 Å². The number of rotatable bonds is 8. The highest BCUT2D eigenvalue weighted by molar-refractivity contribution is 7.89. The van der Waals surface area contributed by atoms with E-state index >= 15 is 0 Å². The van der Waals surface area contributed by atoms with Gasteiger partial charge in [0.2, 0.25) is 15.9 Å². The minimum atomic E-state index is -3.56.